The van der Waals surface area contributed by atoms with E-state index in [2.05, 4.69) is 9.24 Å². The fraction of sp³-hybridized carbons (Fsp3) is 1.00. The lowest BCUT2D eigenvalue weighted by atomic mass is 10.5. The van der Waals surface area contributed by atoms with Crippen LogP contribution >= 0.6 is 32.8 Å². The Hall–Kier alpha value is 0.970. The predicted octanol–water partition coefficient (Wildman–Crippen LogP) is 2.21. The van der Waals surface area contributed by atoms with E-state index >= 15 is 0 Å². The second kappa shape index (κ2) is 3.91. The highest BCUT2D eigenvalue weighted by atomic mass is 35.5. The number of nitrogens with zero attached hydrogens (tertiary/aromatic N) is 1. The molecule has 0 heterocycles. The van der Waals surface area contributed by atoms with Crippen LogP contribution in [0.3, 0.4) is 0 Å². The third-order valence-electron chi connectivity index (χ3n) is 0.669. The molecule has 0 saturated carbocycles. The smallest absolute Gasteiger partial charge is 0.0552 e. The van der Waals surface area contributed by atoms with Crippen LogP contribution in [0.25, 0.3) is 0 Å². The van der Waals surface area contributed by atoms with Gasteiger partial charge in [-0.3, -0.25) is 0 Å². The zero-order valence-electron chi connectivity index (χ0n) is 4.06. The lowest BCUT2D eigenvalue weighted by Gasteiger charge is -2.09. The summed E-state index contributed by atoms with van der Waals surface area (Å²) in [5.74, 6) is 0.184. The van der Waals surface area contributed by atoms with Crippen molar-refractivity contribution in [3.05, 3.63) is 0 Å². The van der Waals surface area contributed by atoms with E-state index < -0.39 is 0 Å². The quantitative estimate of drug-likeness (QED) is 0.442. The van der Waals surface area contributed by atoms with Gasteiger partial charge in [0, 0.05) is 0 Å². The van der Waals surface area contributed by atoms with Crippen molar-refractivity contribution in [2.24, 2.45) is 0 Å². The van der Waals surface area contributed by atoms with Gasteiger partial charge >= 0.3 is 0 Å². The van der Waals surface area contributed by atoms with Crippen molar-refractivity contribution in [1.29, 1.82) is 0 Å². The number of hydrogen-bond acceptors (Lipinski definition) is 1. The van der Waals surface area contributed by atoms with E-state index in [1.807, 2.05) is 6.92 Å². The normalized spacial score (nSPS) is 15.0. The molecule has 1 nitrogen and oxygen atoms in total. The maximum atomic E-state index is 5.31. The average molecular weight is 160 g/mol. The molecule has 0 radical (unpaired) electrons. The highest BCUT2D eigenvalue weighted by molar-refractivity contribution is 7.17. The molecule has 0 N–H and O–H groups in total. The molecule has 0 saturated heterocycles. The molecule has 0 amide bonds. The molecule has 2 atom stereocenters. The van der Waals surface area contributed by atoms with Gasteiger partial charge in [0.05, 0.1) is 5.78 Å². The zero-order chi connectivity index (χ0) is 5.86. The van der Waals surface area contributed by atoms with Gasteiger partial charge in [-0.25, -0.2) is 0 Å². The van der Waals surface area contributed by atoms with E-state index in [4.69, 9.17) is 23.6 Å². The summed E-state index contributed by atoms with van der Waals surface area (Å²) in [6, 6.07) is 0. The molecule has 0 aliphatic rings. The number of hydrogen-bond donors (Lipinski definition) is 0. The Balaban J connectivity index is 3.14. The third kappa shape index (κ3) is 3.54. The SMILES string of the molecule is CCC(P)N(Cl)Cl. The van der Waals surface area contributed by atoms with Crippen LogP contribution < -0.4 is 0 Å². The fourth-order valence-corrected chi connectivity index (χ4v) is 0.414. The summed E-state index contributed by atoms with van der Waals surface area (Å²) in [4.78, 5) is 0. The molecule has 2 unspecified atom stereocenters. The maximum Gasteiger partial charge on any atom is 0.0552 e. The molecule has 0 spiro atoms. The van der Waals surface area contributed by atoms with Crippen molar-refractivity contribution in [3.63, 3.8) is 0 Å². The Morgan fingerprint density at radius 2 is 2.14 bits per heavy atom. The van der Waals surface area contributed by atoms with Crippen LogP contribution in [0.15, 0.2) is 0 Å². The van der Waals surface area contributed by atoms with E-state index in [1.54, 1.807) is 0 Å². The largest absolute Gasteiger partial charge is 0.125 e. The van der Waals surface area contributed by atoms with Crippen LogP contribution in [0.5, 0.6) is 0 Å². The van der Waals surface area contributed by atoms with Gasteiger partial charge in [-0.15, -0.1) is 13.2 Å². The molecular weight excluding hydrogens is 152 g/mol. The van der Waals surface area contributed by atoms with Crippen LogP contribution in [-0.2, 0) is 0 Å². The van der Waals surface area contributed by atoms with Crippen LogP contribution in [0, 0.1) is 0 Å². The highest BCUT2D eigenvalue weighted by Gasteiger charge is 2.02. The lowest BCUT2D eigenvalue weighted by molar-refractivity contribution is 0.626. The molecule has 0 aliphatic heterocycles. The van der Waals surface area contributed by atoms with Crippen molar-refractivity contribution < 1.29 is 0 Å². The number of halogens is 2. The standard InChI is InChI=1S/C3H8Cl2NP/c1-2-3(7)6(4)5/h3H,2,7H2,1H3. The maximum absolute atomic E-state index is 5.31. The van der Waals surface area contributed by atoms with Crippen LogP contribution in [0.1, 0.15) is 13.3 Å². The van der Waals surface area contributed by atoms with Gasteiger partial charge in [0.2, 0.25) is 0 Å². The summed E-state index contributed by atoms with van der Waals surface area (Å²) < 4.78 is 1.13. The first kappa shape index (κ1) is 7.97. The van der Waals surface area contributed by atoms with Gasteiger partial charge in [-0.1, -0.05) is 6.92 Å². The van der Waals surface area contributed by atoms with E-state index in [0.717, 1.165) is 10.4 Å². The second-order valence-electron chi connectivity index (χ2n) is 1.23. The van der Waals surface area contributed by atoms with Gasteiger partial charge < -0.3 is 0 Å². The summed E-state index contributed by atoms with van der Waals surface area (Å²) in [5, 5.41) is 0. The second-order valence-corrected chi connectivity index (χ2v) is 2.91. The first-order chi connectivity index (χ1) is 3.18. The Morgan fingerprint density at radius 1 is 1.71 bits per heavy atom. The monoisotopic (exact) mass is 159 g/mol. The van der Waals surface area contributed by atoms with E-state index in [9.17, 15) is 0 Å². The zero-order valence-corrected chi connectivity index (χ0v) is 6.73. The summed E-state index contributed by atoms with van der Waals surface area (Å²) in [5.41, 5.74) is 0. The summed E-state index contributed by atoms with van der Waals surface area (Å²) >= 11 is 10.6. The molecule has 4 heteroatoms. The Bertz CT molecular complexity index is 50.2. The van der Waals surface area contributed by atoms with Crippen molar-refractivity contribution >= 4 is 32.8 Å². The summed E-state index contributed by atoms with van der Waals surface area (Å²) in [6.45, 7) is 2.01. The van der Waals surface area contributed by atoms with Crippen molar-refractivity contribution in [1.82, 2.24) is 3.94 Å². The molecule has 44 valence electrons. The molecule has 0 aromatic rings. The highest BCUT2D eigenvalue weighted by Crippen LogP contribution is 2.15. The average Bonchev–Trinajstić information content (AvgIpc) is 1.65. The van der Waals surface area contributed by atoms with Crippen molar-refractivity contribution in [2.45, 2.75) is 19.1 Å². The van der Waals surface area contributed by atoms with Crippen LogP contribution in [0.2, 0.25) is 0 Å². The van der Waals surface area contributed by atoms with Gasteiger partial charge in [0.15, 0.2) is 0 Å². The minimum absolute atomic E-state index is 0.184. The lowest BCUT2D eigenvalue weighted by Crippen LogP contribution is -2.08. The molecule has 0 aliphatic carbocycles. The summed E-state index contributed by atoms with van der Waals surface area (Å²) in [7, 11) is 2.51. The van der Waals surface area contributed by atoms with Gasteiger partial charge in [-0.2, -0.15) is 0 Å². The molecule has 0 aromatic carbocycles. The molecule has 7 heavy (non-hydrogen) atoms. The van der Waals surface area contributed by atoms with Crippen LogP contribution in [0.4, 0.5) is 0 Å². The predicted molar refractivity (Wildman–Crippen MR) is 37.3 cm³/mol. The first-order valence-electron chi connectivity index (χ1n) is 2.04. The van der Waals surface area contributed by atoms with E-state index in [0.29, 0.717) is 0 Å². The van der Waals surface area contributed by atoms with E-state index in [-0.39, 0.29) is 5.78 Å². The molecule has 0 rings (SSSR count). The van der Waals surface area contributed by atoms with E-state index in [1.165, 1.54) is 0 Å². The Morgan fingerprint density at radius 3 is 2.14 bits per heavy atom. The topological polar surface area (TPSA) is 3.24 Å². The molecule has 0 bridgehead atoms. The Labute approximate surface area is 56.4 Å². The fourth-order valence-electron chi connectivity index (χ4n) is 0.138. The minimum Gasteiger partial charge on any atom is -0.125 e. The molecule has 0 fully saturated rings. The molecule has 0 aromatic heterocycles. The minimum atomic E-state index is 0.184. The van der Waals surface area contributed by atoms with Crippen molar-refractivity contribution in [2.75, 3.05) is 0 Å². The Kier molecular flexibility index (Phi) is 4.45. The van der Waals surface area contributed by atoms with Crippen molar-refractivity contribution in [3.8, 4) is 0 Å². The van der Waals surface area contributed by atoms with Gasteiger partial charge in [0.25, 0.3) is 0 Å². The van der Waals surface area contributed by atoms with Gasteiger partial charge in [0.1, 0.15) is 0 Å². The third-order valence-corrected chi connectivity index (χ3v) is 2.32. The number of rotatable bonds is 2. The first-order valence-corrected chi connectivity index (χ1v) is 3.39. The van der Waals surface area contributed by atoms with Gasteiger partial charge in [-0.05, 0) is 30.0 Å². The molecular formula is C3H8Cl2NP. The summed E-state index contributed by atoms with van der Waals surface area (Å²) in [6.07, 6.45) is 0.942. The van der Waals surface area contributed by atoms with Crippen LogP contribution in [-0.4, -0.2) is 9.72 Å².